The van der Waals surface area contributed by atoms with Crippen molar-refractivity contribution in [2.45, 2.75) is 19.9 Å². The minimum Gasteiger partial charge on any atom is -0.481 e. The Morgan fingerprint density at radius 1 is 1.37 bits per heavy atom. The number of carboxylic acids is 1. The van der Waals surface area contributed by atoms with Gasteiger partial charge in [0.2, 0.25) is 0 Å². The molecule has 2 N–H and O–H groups in total. The highest BCUT2D eigenvalue weighted by Crippen LogP contribution is 2.23. The van der Waals surface area contributed by atoms with Gasteiger partial charge < -0.3 is 10.4 Å². The molecule has 0 bridgehead atoms. The number of aromatic nitrogens is 1. The molecule has 2 aromatic rings. The van der Waals surface area contributed by atoms with Crippen molar-refractivity contribution in [2.24, 2.45) is 0 Å². The lowest BCUT2D eigenvalue weighted by atomic mass is 10.2. The first-order valence-corrected chi connectivity index (χ1v) is 6.97. The van der Waals surface area contributed by atoms with Crippen LogP contribution in [0, 0.1) is 6.92 Å². The zero-order chi connectivity index (χ0) is 13.7. The van der Waals surface area contributed by atoms with E-state index in [0.717, 1.165) is 16.3 Å². The van der Waals surface area contributed by atoms with Crippen molar-refractivity contribution in [1.82, 2.24) is 10.3 Å². The second kappa shape index (κ2) is 6.45. The van der Waals surface area contributed by atoms with E-state index in [9.17, 15) is 4.79 Å². The predicted octanol–water partition coefficient (Wildman–Crippen LogP) is 2.68. The van der Waals surface area contributed by atoms with Gasteiger partial charge in [-0.3, -0.25) is 4.79 Å². The number of hydrogen-bond donors (Lipinski definition) is 2. The van der Waals surface area contributed by atoms with Crippen LogP contribution in [-0.2, 0) is 11.3 Å². The minimum absolute atomic E-state index is 0.134. The van der Waals surface area contributed by atoms with E-state index in [1.807, 2.05) is 5.38 Å². The monoisotopic (exact) mass is 276 g/mol. The summed E-state index contributed by atoms with van der Waals surface area (Å²) in [6.07, 6.45) is 0.134. The van der Waals surface area contributed by atoms with Crippen LogP contribution in [0.15, 0.2) is 29.6 Å². The summed E-state index contributed by atoms with van der Waals surface area (Å²) in [5, 5.41) is 14.6. The molecule has 0 spiro atoms. The summed E-state index contributed by atoms with van der Waals surface area (Å²) in [5.74, 6) is -0.786. The van der Waals surface area contributed by atoms with Gasteiger partial charge >= 0.3 is 5.97 Å². The van der Waals surface area contributed by atoms with Gasteiger partial charge in [0.25, 0.3) is 0 Å². The lowest BCUT2D eigenvalue weighted by molar-refractivity contribution is -0.136. The van der Waals surface area contributed by atoms with Crippen LogP contribution in [-0.4, -0.2) is 22.6 Å². The smallest absolute Gasteiger partial charge is 0.304 e. The van der Waals surface area contributed by atoms with Gasteiger partial charge in [0.05, 0.1) is 12.1 Å². The molecule has 0 aliphatic heterocycles. The van der Waals surface area contributed by atoms with Crippen LogP contribution >= 0.6 is 11.3 Å². The van der Waals surface area contributed by atoms with Crippen LogP contribution in [0.3, 0.4) is 0 Å². The maximum absolute atomic E-state index is 10.4. The quantitative estimate of drug-likeness (QED) is 0.796. The molecule has 0 saturated carbocycles. The van der Waals surface area contributed by atoms with Crippen LogP contribution in [0.1, 0.15) is 17.7 Å². The molecule has 1 heterocycles. The van der Waals surface area contributed by atoms with Gasteiger partial charge in [0.1, 0.15) is 5.01 Å². The van der Waals surface area contributed by atoms with Gasteiger partial charge in [-0.2, -0.15) is 0 Å². The second-order valence-corrected chi connectivity index (χ2v) is 5.19. The van der Waals surface area contributed by atoms with Crippen molar-refractivity contribution in [3.05, 3.63) is 40.9 Å². The highest BCUT2D eigenvalue weighted by molar-refractivity contribution is 7.13. The number of carboxylic acid groups (broad SMARTS) is 1. The molecule has 0 radical (unpaired) electrons. The molecule has 1 aromatic heterocycles. The molecule has 0 aliphatic carbocycles. The Labute approximate surface area is 116 Å². The lowest BCUT2D eigenvalue weighted by Crippen LogP contribution is -2.17. The molecule has 0 aliphatic rings. The van der Waals surface area contributed by atoms with Crippen LogP contribution in [0.2, 0.25) is 0 Å². The zero-order valence-corrected chi connectivity index (χ0v) is 11.5. The van der Waals surface area contributed by atoms with Crippen LogP contribution in [0.5, 0.6) is 0 Å². The Morgan fingerprint density at radius 2 is 2.11 bits per heavy atom. The van der Waals surface area contributed by atoms with E-state index in [0.29, 0.717) is 13.1 Å². The number of nitrogens with one attached hydrogen (secondary N) is 1. The van der Waals surface area contributed by atoms with E-state index in [4.69, 9.17) is 5.11 Å². The normalized spacial score (nSPS) is 10.6. The number of aryl methyl sites for hydroxylation is 1. The highest BCUT2D eigenvalue weighted by atomic mass is 32.1. The largest absolute Gasteiger partial charge is 0.481 e. The molecule has 100 valence electrons. The Bertz CT molecular complexity index is 549. The van der Waals surface area contributed by atoms with Crippen molar-refractivity contribution in [3.8, 4) is 10.6 Å². The van der Waals surface area contributed by atoms with E-state index in [-0.39, 0.29) is 6.42 Å². The fourth-order valence-electron chi connectivity index (χ4n) is 1.63. The average Bonchev–Trinajstić information content (AvgIpc) is 2.84. The number of rotatable bonds is 6. The molecule has 0 unspecified atom stereocenters. The van der Waals surface area contributed by atoms with Gasteiger partial charge in [0, 0.05) is 24.0 Å². The number of benzene rings is 1. The van der Waals surface area contributed by atoms with Gasteiger partial charge in [0.15, 0.2) is 0 Å². The van der Waals surface area contributed by atoms with Crippen LogP contribution in [0.25, 0.3) is 10.6 Å². The molecule has 1 aromatic carbocycles. The Morgan fingerprint density at radius 3 is 2.79 bits per heavy atom. The Hall–Kier alpha value is -1.72. The van der Waals surface area contributed by atoms with E-state index in [2.05, 4.69) is 41.5 Å². The summed E-state index contributed by atoms with van der Waals surface area (Å²) in [5.41, 5.74) is 3.30. The molecular formula is C14H16N2O2S. The van der Waals surface area contributed by atoms with Gasteiger partial charge in [-0.25, -0.2) is 4.98 Å². The molecule has 0 fully saturated rings. The molecule has 19 heavy (non-hydrogen) atoms. The first-order chi connectivity index (χ1) is 9.15. The molecular weight excluding hydrogens is 260 g/mol. The fraction of sp³-hybridized carbons (Fsp3) is 0.286. The van der Waals surface area contributed by atoms with Gasteiger partial charge in [-0.15, -0.1) is 11.3 Å². The summed E-state index contributed by atoms with van der Waals surface area (Å²) in [4.78, 5) is 14.9. The molecule has 5 heteroatoms. The summed E-state index contributed by atoms with van der Waals surface area (Å²) >= 11 is 1.61. The van der Waals surface area contributed by atoms with Crippen molar-refractivity contribution < 1.29 is 9.90 Å². The summed E-state index contributed by atoms with van der Waals surface area (Å²) < 4.78 is 0. The maximum Gasteiger partial charge on any atom is 0.304 e. The summed E-state index contributed by atoms with van der Waals surface area (Å²) in [6.45, 7) is 3.13. The third kappa shape index (κ3) is 4.15. The molecule has 0 amide bonds. The topological polar surface area (TPSA) is 62.2 Å². The van der Waals surface area contributed by atoms with Gasteiger partial charge in [-0.05, 0) is 6.92 Å². The third-order valence-corrected chi connectivity index (χ3v) is 3.61. The summed E-state index contributed by atoms with van der Waals surface area (Å²) in [7, 11) is 0. The Balaban J connectivity index is 1.91. The first-order valence-electron chi connectivity index (χ1n) is 6.09. The van der Waals surface area contributed by atoms with Crippen molar-refractivity contribution in [3.63, 3.8) is 0 Å². The van der Waals surface area contributed by atoms with E-state index in [1.165, 1.54) is 5.56 Å². The Kier molecular flexibility index (Phi) is 4.65. The number of nitrogens with zero attached hydrogens (tertiary/aromatic N) is 1. The average molecular weight is 276 g/mol. The second-order valence-electron chi connectivity index (χ2n) is 4.33. The summed E-state index contributed by atoms with van der Waals surface area (Å²) in [6, 6.07) is 8.27. The van der Waals surface area contributed by atoms with Crippen LogP contribution < -0.4 is 5.32 Å². The first kappa shape index (κ1) is 13.7. The third-order valence-electron chi connectivity index (χ3n) is 2.67. The van der Waals surface area contributed by atoms with Crippen molar-refractivity contribution in [1.29, 1.82) is 0 Å². The minimum atomic E-state index is -0.786. The number of thiazole rings is 1. The fourth-order valence-corrected chi connectivity index (χ4v) is 2.45. The number of carbonyl (C=O) groups is 1. The van der Waals surface area contributed by atoms with E-state index >= 15 is 0 Å². The predicted molar refractivity (Wildman–Crippen MR) is 76.2 cm³/mol. The van der Waals surface area contributed by atoms with Gasteiger partial charge in [-0.1, -0.05) is 29.8 Å². The lowest BCUT2D eigenvalue weighted by Gasteiger charge is -1.99. The zero-order valence-electron chi connectivity index (χ0n) is 10.7. The van der Waals surface area contributed by atoms with Crippen molar-refractivity contribution in [2.75, 3.05) is 6.54 Å². The molecule has 0 atom stereocenters. The van der Waals surface area contributed by atoms with E-state index in [1.54, 1.807) is 11.3 Å². The van der Waals surface area contributed by atoms with Crippen LogP contribution in [0.4, 0.5) is 0 Å². The standard InChI is InChI=1S/C14H16N2O2S/c1-10-2-4-11(5-3-10)14-16-12(9-19-14)8-15-7-6-13(17)18/h2-5,9,15H,6-8H2,1H3,(H,17,18). The highest BCUT2D eigenvalue weighted by Gasteiger charge is 2.04. The molecule has 0 saturated heterocycles. The molecule has 4 nitrogen and oxygen atoms in total. The number of hydrogen-bond acceptors (Lipinski definition) is 4. The van der Waals surface area contributed by atoms with Crippen molar-refractivity contribution >= 4 is 17.3 Å². The van der Waals surface area contributed by atoms with E-state index < -0.39 is 5.97 Å². The number of aliphatic carboxylic acids is 1. The SMILES string of the molecule is Cc1ccc(-c2nc(CNCCC(=O)O)cs2)cc1. The maximum atomic E-state index is 10.4. The molecule has 2 rings (SSSR count).